The number of hydrogen-bond donors (Lipinski definition) is 3. The molecule has 2 amide bonds. The molecule has 19 heavy (non-hydrogen) atoms. The first-order valence-electron chi connectivity index (χ1n) is 5.08. The summed E-state index contributed by atoms with van der Waals surface area (Å²) in [4.78, 5) is 33.4. The van der Waals surface area contributed by atoms with Crippen molar-refractivity contribution in [3.05, 3.63) is 33.3 Å². The third kappa shape index (κ3) is 4.53. The molecular formula is C11H10BrClN2O4. The smallest absolute Gasteiger partial charge is 0.326 e. The SMILES string of the molecule is NC(=O)C[C@@H](NC(=O)c1ccc(Cl)c(Br)c1)C(=O)O. The maximum atomic E-state index is 11.8. The van der Waals surface area contributed by atoms with Crippen LogP contribution in [-0.2, 0) is 9.59 Å². The molecule has 0 aliphatic rings. The van der Waals surface area contributed by atoms with Crippen LogP contribution in [0, 0.1) is 0 Å². The number of carbonyl (C=O) groups excluding carboxylic acids is 2. The molecule has 0 saturated carbocycles. The molecule has 102 valence electrons. The maximum absolute atomic E-state index is 11.8. The second-order valence-corrected chi connectivity index (χ2v) is 4.93. The third-order valence-corrected chi connectivity index (χ3v) is 3.40. The average molecular weight is 350 g/mol. The highest BCUT2D eigenvalue weighted by molar-refractivity contribution is 9.10. The summed E-state index contributed by atoms with van der Waals surface area (Å²) in [6.07, 6.45) is -0.476. The van der Waals surface area contributed by atoms with Crippen molar-refractivity contribution in [2.24, 2.45) is 5.73 Å². The van der Waals surface area contributed by atoms with E-state index in [1.165, 1.54) is 18.2 Å². The maximum Gasteiger partial charge on any atom is 0.326 e. The Bertz CT molecular complexity index is 535. The molecule has 0 heterocycles. The van der Waals surface area contributed by atoms with Gasteiger partial charge in [0.1, 0.15) is 6.04 Å². The van der Waals surface area contributed by atoms with Crippen molar-refractivity contribution < 1.29 is 19.5 Å². The topological polar surface area (TPSA) is 109 Å². The van der Waals surface area contributed by atoms with E-state index in [0.29, 0.717) is 9.50 Å². The lowest BCUT2D eigenvalue weighted by Gasteiger charge is -2.13. The fourth-order valence-corrected chi connectivity index (χ4v) is 1.78. The Morgan fingerprint density at radius 1 is 1.42 bits per heavy atom. The number of nitrogens with one attached hydrogen (secondary N) is 1. The first-order valence-corrected chi connectivity index (χ1v) is 6.25. The summed E-state index contributed by atoms with van der Waals surface area (Å²) in [7, 11) is 0. The Kier molecular flexibility index (Phi) is 5.31. The van der Waals surface area contributed by atoms with Crippen molar-refractivity contribution >= 4 is 45.3 Å². The summed E-state index contributed by atoms with van der Waals surface area (Å²) in [5.41, 5.74) is 5.13. The van der Waals surface area contributed by atoms with Crippen LogP contribution in [-0.4, -0.2) is 28.9 Å². The molecule has 0 spiro atoms. The van der Waals surface area contributed by atoms with Crippen molar-refractivity contribution in [1.29, 1.82) is 0 Å². The minimum atomic E-state index is -1.36. The van der Waals surface area contributed by atoms with Crippen LogP contribution in [0.2, 0.25) is 5.02 Å². The molecule has 1 aromatic rings. The zero-order valence-electron chi connectivity index (χ0n) is 9.52. The fraction of sp³-hybridized carbons (Fsp3) is 0.182. The van der Waals surface area contributed by atoms with Crippen LogP contribution in [0.5, 0.6) is 0 Å². The van der Waals surface area contributed by atoms with Gasteiger partial charge in [-0.1, -0.05) is 11.6 Å². The Morgan fingerprint density at radius 2 is 2.05 bits per heavy atom. The van der Waals surface area contributed by atoms with Crippen molar-refractivity contribution in [3.63, 3.8) is 0 Å². The number of amides is 2. The number of carboxylic acid groups (broad SMARTS) is 1. The van der Waals surface area contributed by atoms with E-state index in [1.807, 2.05) is 0 Å². The molecule has 1 atom stereocenters. The van der Waals surface area contributed by atoms with Crippen molar-refractivity contribution in [2.45, 2.75) is 12.5 Å². The molecule has 0 fully saturated rings. The third-order valence-electron chi connectivity index (χ3n) is 2.19. The van der Waals surface area contributed by atoms with Gasteiger partial charge in [-0.2, -0.15) is 0 Å². The number of carboxylic acids is 1. The van der Waals surface area contributed by atoms with Crippen LogP contribution in [0.3, 0.4) is 0 Å². The van der Waals surface area contributed by atoms with Crippen LogP contribution < -0.4 is 11.1 Å². The second-order valence-electron chi connectivity index (χ2n) is 3.66. The van der Waals surface area contributed by atoms with E-state index in [-0.39, 0.29) is 5.56 Å². The van der Waals surface area contributed by atoms with Gasteiger partial charge in [0.05, 0.1) is 11.4 Å². The van der Waals surface area contributed by atoms with Gasteiger partial charge in [0.2, 0.25) is 5.91 Å². The van der Waals surface area contributed by atoms with Gasteiger partial charge < -0.3 is 16.2 Å². The standard InChI is InChI=1S/C11H10BrClN2O4/c12-6-3-5(1-2-7(6)13)10(17)15-8(11(18)19)4-9(14)16/h1-3,8H,4H2,(H2,14,16)(H,15,17)(H,18,19)/t8-/m1/s1. The number of hydrogen-bond acceptors (Lipinski definition) is 3. The molecule has 6 nitrogen and oxygen atoms in total. The molecule has 1 aromatic carbocycles. The molecule has 0 radical (unpaired) electrons. The lowest BCUT2D eigenvalue weighted by atomic mass is 10.1. The average Bonchev–Trinajstić information content (AvgIpc) is 2.31. The fourth-order valence-electron chi connectivity index (χ4n) is 1.28. The van der Waals surface area contributed by atoms with E-state index in [4.69, 9.17) is 22.4 Å². The highest BCUT2D eigenvalue weighted by Crippen LogP contribution is 2.23. The predicted octanol–water partition coefficient (Wildman–Crippen LogP) is 1.16. The van der Waals surface area contributed by atoms with Crippen LogP contribution in [0.4, 0.5) is 0 Å². The Labute approximate surface area is 122 Å². The Morgan fingerprint density at radius 3 is 2.53 bits per heavy atom. The summed E-state index contributed by atoms with van der Waals surface area (Å²) in [5.74, 6) is -2.78. The van der Waals surface area contributed by atoms with Crippen molar-refractivity contribution in [3.8, 4) is 0 Å². The number of carbonyl (C=O) groups is 3. The van der Waals surface area contributed by atoms with Crippen molar-refractivity contribution in [2.75, 3.05) is 0 Å². The van der Waals surface area contributed by atoms with Crippen molar-refractivity contribution in [1.82, 2.24) is 5.32 Å². The quantitative estimate of drug-likeness (QED) is 0.741. The number of primary amides is 1. The molecule has 0 unspecified atom stereocenters. The van der Waals surface area contributed by atoms with Gasteiger partial charge >= 0.3 is 5.97 Å². The minimum absolute atomic E-state index is 0.215. The highest BCUT2D eigenvalue weighted by atomic mass is 79.9. The van der Waals surface area contributed by atoms with Gasteiger partial charge in [0.15, 0.2) is 0 Å². The van der Waals surface area contributed by atoms with Gasteiger partial charge in [0.25, 0.3) is 5.91 Å². The van der Waals surface area contributed by atoms with E-state index in [9.17, 15) is 14.4 Å². The van der Waals surface area contributed by atoms with Crippen LogP contribution in [0.15, 0.2) is 22.7 Å². The summed E-state index contributed by atoms with van der Waals surface area (Å²) in [6.45, 7) is 0. The largest absolute Gasteiger partial charge is 0.480 e. The summed E-state index contributed by atoms with van der Waals surface area (Å²) >= 11 is 8.92. The Hall–Kier alpha value is -1.60. The summed E-state index contributed by atoms with van der Waals surface area (Å²) < 4.78 is 0.503. The molecular weight excluding hydrogens is 339 g/mol. The first-order chi connectivity index (χ1) is 8.81. The van der Waals surface area contributed by atoms with Crippen LogP contribution >= 0.6 is 27.5 Å². The highest BCUT2D eigenvalue weighted by Gasteiger charge is 2.22. The number of benzene rings is 1. The molecule has 0 aromatic heterocycles. The van der Waals surface area contributed by atoms with Crippen LogP contribution in [0.1, 0.15) is 16.8 Å². The lowest BCUT2D eigenvalue weighted by Crippen LogP contribution is -2.43. The van der Waals surface area contributed by atoms with E-state index < -0.39 is 30.2 Å². The minimum Gasteiger partial charge on any atom is -0.480 e. The zero-order chi connectivity index (χ0) is 14.6. The normalized spacial score (nSPS) is 11.7. The van der Waals surface area contributed by atoms with Gasteiger partial charge in [-0.05, 0) is 34.1 Å². The number of rotatable bonds is 5. The summed E-state index contributed by atoms with van der Waals surface area (Å²) in [5, 5.41) is 11.5. The predicted molar refractivity (Wildman–Crippen MR) is 71.9 cm³/mol. The first kappa shape index (κ1) is 15.5. The second kappa shape index (κ2) is 6.53. The Balaban J connectivity index is 2.84. The van der Waals surface area contributed by atoms with Gasteiger partial charge in [-0.15, -0.1) is 0 Å². The van der Waals surface area contributed by atoms with Crippen LogP contribution in [0.25, 0.3) is 0 Å². The van der Waals surface area contributed by atoms with E-state index in [1.54, 1.807) is 0 Å². The number of nitrogens with two attached hydrogens (primary N) is 1. The molecule has 0 bridgehead atoms. The lowest BCUT2D eigenvalue weighted by molar-refractivity contribution is -0.140. The number of halogens is 2. The van der Waals surface area contributed by atoms with Gasteiger partial charge in [-0.3, -0.25) is 9.59 Å². The van der Waals surface area contributed by atoms with E-state index >= 15 is 0 Å². The summed E-state index contributed by atoms with van der Waals surface area (Å²) in [6, 6.07) is 3.01. The molecule has 0 saturated heterocycles. The van der Waals surface area contributed by atoms with Gasteiger partial charge in [0, 0.05) is 10.0 Å². The monoisotopic (exact) mass is 348 g/mol. The van der Waals surface area contributed by atoms with E-state index in [0.717, 1.165) is 0 Å². The number of aliphatic carboxylic acids is 1. The van der Waals surface area contributed by atoms with Gasteiger partial charge in [-0.25, -0.2) is 4.79 Å². The molecule has 0 aliphatic heterocycles. The molecule has 0 aliphatic carbocycles. The zero-order valence-corrected chi connectivity index (χ0v) is 11.9. The van der Waals surface area contributed by atoms with E-state index in [2.05, 4.69) is 21.2 Å². The molecule has 8 heteroatoms. The molecule has 1 rings (SSSR count). The molecule has 4 N–H and O–H groups in total.